The van der Waals surface area contributed by atoms with Gasteiger partial charge in [0.2, 0.25) is 0 Å². The van der Waals surface area contributed by atoms with E-state index >= 15 is 0 Å². The van der Waals surface area contributed by atoms with Crippen LogP contribution in [0.2, 0.25) is 0 Å². The predicted octanol–water partition coefficient (Wildman–Crippen LogP) is 6.85. The Morgan fingerprint density at radius 1 is 0.900 bits per heavy atom. The molecule has 2 N–H and O–H groups in total. The first-order valence-corrected chi connectivity index (χ1v) is 13.7. The maximum atomic E-state index is 6.50. The number of rotatable bonds is 8. The Hall–Kier alpha value is -4.33. The summed E-state index contributed by atoms with van der Waals surface area (Å²) in [6, 6.07) is 26.2. The van der Waals surface area contributed by atoms with Gasteiger partial charge in [-0.25, -0.2) is 4.68 Å². The molecular formula is C33H33N5O2. The number of hydrogen-bond acceptors (Lipinski definition) is 6. The molecule has 0 radical (unpaired) electrons. The van der Waals surface area contributed by atoms with Gasteiger partial charge in [0, 0.05) is 35.4 Å². The number of nitrogens with zero attached hydrogens (tertiary/aromatic N) is 4. The van der Waals surface area contributed by atoms with Crippen LogP contribution in [0.1, 0.15) is 36.6 Å². The topological polar surface area (TPSA) is 88.1 Å². The molecule has 1 fully saturated rings. The molecular weight excluding hydrogens is 498 g/mol. The minimum Gasteiger partial charge on any atom is -0.399 e. The molecule has 1 saturated heterocycles. The van der Waals surface area contributed by atoms with Crippen LogP contribution in [0.15, 0.2) is 97.5 Å². The van der Waals surface area contributed by atoms with Crippen molar-refractivity contribution < 1.29 is 9.47 Å². The maximum absolute atomic E-state index is 6.50. The first kappa shape index (κ1) is 25.9. The van der Waals surface area contributed by atoms with Crippen molar-refractivity contribution in [2.75, 3.05) is 12.3 Å². The highest BCUT2D eigenvalue weighted by Gasteiger charge is 2.26. The summed E-state index contributed by atoms with van der Waals surface area (Å²) in [7, 11) is 0. The van der Waals surface area contributed by atoms with Crippen LogP contribution in [0.4, 0.5) is 5.69 Å². The van der Waals surface area contributed by atoms with Crippen LogP contribution in [0.3, 0.4) is 0 Å². The Bertz CT molecular complexity index is 1550. The van der Waals surface area contributed by atoms with E-state index in [0.29, 0.717) is 13.2 Å². The van der Waals surface area contributed by atoms with E-state index in [2.05, 4.69) is 53.4 Å². The first-order valence-electron chi connectivity index (χ1n) is 13.7. The molecule has 1 aliphatic rings. The van der Waals surface area contributed by atoms with Crippen LogP contribution in [0.5, 0.6) is 0 Å². The molecule has 7 heteroatoms. The van der Waals surface area contributed by atoms with Gasteiger partial charge in [-0.15, -0.1) is 0 Å². The van der Waals surface area contributed by atoms with E-state index in [1.807, 2.05) is 59.4 Å². The number of benzene rings is 2. The van der Waals surface area contributed by atoms with Crippen molar-refractivity contribution in [3.8, 4) is 33.8 Å². The van der Waals surface area contributed by atoms with E-state index in [1.165, 1.54) is 11.1 Å². The number of aryl methyl sites for hydroxylation is 1. The lowest BCUT2D eigenvalue weighted by Crippen LogP contribution is -2.29. The molecule has 202 valence electrons. The van der Waals surface area contributed by atoms with E-state index in [-0.39, 0.29) is 12.3 Å². The summed E-state index contributed by atoms with van der Waals surface area (Å²) in [5, 5.41) is 5.02. The quantitative estimate of drug-likeness (QED) is 0.220. The van der Waals surface area contributed by atoms with Crippen LogP contribution in [0, 0.1) is 6.92 Å². The van der Waals surface area contributed by atoms with Crippen molar-refractivity contribution in [3.05, 3.63) is 109 Å². The van der Waals surface area contributed by atoms with E-state index in [4.69, 9.17) is 20.3 Å². The SMILES string of the molecule is Cc1ccc(COCC2CCCC(n3cc(-c4ccnc(-c5ccc(N)cc5)c4)c(-c4ccccn4)n3)O2)cc1. The lowest BCUT2D eigenvalue weighted by atomic mass is 10.0. The molecule has 2 aromatic carbocycles. The van der Waals surface area contributed by atoms with Gasteiger partial charge >= 0.3 is 0 Å². The molecule has 4 heterocycles. The maximum Gasteiger partial charge on any atom is 0.150 e. The van der Waals surface area contributed by atoms with Crippen LogP contribution in [0.25, 0.3) is 33.8 Å². The number of aromatic nitrogens is 4. The fraction of sp³-hybridized carbons (Fsp3) is 0.242. The van der Waals surface area contributed by atoms with Gasteiger partial charge in [0.05, 0.1) is 30.7 Å². The molecule has 0 bridgehead atoms. The number of hydrogen-bond donors (Lipinski definition) is 1. The van der Waals surface area contributed by atoms with E-state index in [9.17, 15) is 0 Å². The Kier molecular flexibility index (Phi) is 7.66. The number of anilines is 1. The molecule has 6 rings (SSSR count). The molecule has 0 spiro atoms. The highest BCUT2D eigenvalue weighted by atomic mass is 16.5. The van der Waals surface area contributed by atoms with E-state index in [1.54, 1.807) is 6.20 Å². The molecule has 40 heavy (non-hydrogen) atoms. The average Bonchev–Trinajstić information content (AvgIpc) is 3.45. The number of ether oxygens (including phenoxy) is 2. The van der Waals surface area contributed by atoms with E-state index < -0.39 is 0 Å². The minimum atomic E-state index is -0.170. The van der Waals surface area contributed by atoms with Gasteiger partial charge in [-0.1, -0.05) is 48.0 Å². The number of nitrogens with two attached hydrogens (primary N) is 1. The number of nitrogen functional groups attached to an aromatic ring is 1. The fourth-order valence-corrected chi connectivity index (χ4v) is 5.04. The molecule has 2 unspecified atom stereocenters. The number of pyridine rings is 2. The van der Waals surface area contributed by atoms with Gasteiger partial charge in [-0.2, -0.15) is 5.10 Å². The lowest BCUT2D eigenvalue weighted by molar-refractivity contribution is -0.123. The van der Waals surface area contributed by atoms with Gasteiger partial charge in [0.15, 0.2) is 6.23 Å². The van der Waals surface area contributed by atoms with Crippen molar-refractivity contribution in [1.29, 1.82) is 0 Å². The van der Waals surface area contributed by atoms with Crippen molar-refractivity contribution in [2.24, 2.45) is 0 Å². The molecule has 0 aliphatic carbocycles. The molecule has 5 aromatic rings. The zero-order valence-electron chi connectivity index (χ0n) is 22.6. The van der Waals surface area contributed by atoms with Crippen molar-refractivity contribution in [1.82, 2.24) is 19.7 Å². The molecule has 0 saturated carbocycles. The summed E-state index contributed by atoms with van der Waals surface area (Å²) in [4.78, 5) is 9.21. The summed E-state index contributed by atoms with van der Waals surface area (Å²) in [6.45, 7) is 3.23. The predicted molar refractivity (Wildman–Crippen MR) is 157 cm³/mol. The summed E-state index contributed by atoms with van der Waals surface area (Å²) < 4.78 is 14.5. The Morgan fingerprint density at radius 2 is 1.73 bits per heavy atom. The molecule has 3 aromatic heterocycles. The smallest absolute Gasteiger partial charge is 0.150 e. The van der Waals surface area contributed by atoms with E-state index in [0.717, 1.165) is 58.7 Å². The Balaban J connectivity index is 1.24. The summed E-state index contributed by atoms with van der Waals surface area (Å²) >= 11 is 0. The molecule has 0 amide bonds. The second-order valence-corrected chi connectivity index (χ2v) is 10.3. The zero-order valence-corrected chi connectivity index (χ0v) is 22.6. The summed E-state index contributed by atoms with van der Waals surface area (Å²) in [5.41, 5.74) is 14.6. The highest BCUT2D eigenvalue weighted by molar-refractivity contribution is 5.80. The van der Waals surface area contributed by atoms with Gasteiger partial charge in [0.25, 0.3) is 0 Å². The standard InChI is InChI=1S/C33H33N5O2/c1-23-8-10-24(11-9-23)21-39-22-28-5-4-7-32(40-28)38-20-29(33(37-38)30-6-2-3-17-35-30)26-16-18-36-31(19-26)25-12-14-27(34)15-13-25/h2-3,6,8-20,28,32H,4-5,7,21-22,34H2,1H3. The molecule has 1 aliphatic heterocycles. The van der Waals surface area contributed by atoms with Gasteiger partial charge in [-0.05, 0) is 73.7 Å². The third-order valence-corrected chi connectivity index (χ3v) is 7.23. The third-order valence-electron chi connectivity index (χ3n) is 7.23. The summed E-state index contributed by atoms with van der Waals surface area (Å²) in [6.07, 6.45) is 8.47. The van der Waals surface area contributed by atoms with Crippen LogP contribution in [-0.2, 0) is 16.1 Å². The van der Waals surface area contributed by atoms with Crippen molar-refractivity contribution >= 4 is 5.69 Å². The van der Waals surface area contributed by atoms with Gasteiger partial charge in [-0.3, -0.25) is 9.97 Å². The second kappa shape index (κ2) is 11.8. The minimum absolute atomic E-state index is 0.0215. The van der Waals surface area contributed by atoms with Gasteiger partial charge < -0.3 is 15.2 Å². The van der Waals surface area contributed by atoms with Gasteiger partial charge in [0.1, 0.15) is 5.69 Å². The first-order chi connectivity index (χ1) is 19.6. The summed E-state index contributed by atoms with van der Waals surface area (Å²) in [5.74, 6) is 0. The van der Waals surface area contributed by atoms with Crippen molar-refractivity contribution in [2.45, 2.75) is 45.1 Å². The fourth-order valence-electron chi connectivity index (χ4n) is 5.04. The van der Waals surface area contributed by atoms with Crippen LogP contribution in [-0.4, -0.2) is 32.5 Å². The third kappa shape index (κ3) is 5.96. The lowest BCUT2D eigenvalue weighted by Gasteiger charge is -2.30. The second-order valence-electron chi connectivity index (χ2n) is 10.3. The Morgan fingerprint density at radius 3 is 2.52 bits per heavy atom. The Labute approximate surface area is 234 Å². The zero-order chi connectivity index (χ0) is 27.3. The highest BCUT2D eigenvalue weighted by Crippen LogP contribution is 2.35. The molecule has 7 nitrogen and oxygen atoms in total. The van der Waals surface area contributed by atoms with Crippen LogP contribution >= 0.6 is 0 Å². The van der Waals surface area contributed by atoms with Crippen LogP contribution < -0.4 is 5.73 Å². The largest absolute Gasteiger partial charge is 0.399 e. The monoisotopic (exact) mass is 531 g/mol. The van der Waals surface area contributed by atoms with Crippen molar-refractivity contribution in [3.63, 3.8) is 0 Å². The molecule has 2 atom stereocenters. The average molecular weight is 532 g/mol. The normalized spacial score (nSPS) is 17.1.